The highest BCUT2D eigenvalue weighted by atomic mass is 32.1. The maximum atomic E-state index is 4.96. The van der Waals surface area contributed by atoms with E-state index in [2.05, 4.69) is 159 Å². The highest BCUT2D eigenvalue weighted by molar-refractivity contribution is 7.34. The Morgan fingerprint density at radius 2 is 0.787 bits per heavy atom. The Hall–Kier alpha value is -6.88. The third-order valence-electron chi connectivity index (χ3n) is 12.6. The minimum atomic E-state index is 0.649. The first kappa shape index (κ1) is 32.9. The molecule has 15 aromatic rings. The summed E-state index contributed by atoms with van der Waals surface area (Å²) in [6, 6.07) is 55.8. The molecule has 0 aliphatic carbocycles. The van der Waals surface area contributed by atoms with E-state index in [9.17, 15) is 0 Å². The van der Waals surface area contributed by atoms with Crippen molar-refractivity contribution in [1.29, 1.82) is 0 Å². The normalized spacial score (nSPS) is 12.6. The lowest BCUT2D eigenvalue weighted by Gasteiger charge is -2.14. The summed E-state index contributed by atoms with van der Waals surface area (Å²) in [5.74, 6) is 0.649. The Bertz CT molecular complexity index is 4180. The first-order valence-electron chi connectivity index (χ1n) is 20.2. The summed E-state index contributed by atoms with van der Waals surface area (Å²) in [6.07, 6.45) is 3.71. The third-order valence-corrected chi connectivity index (χ3v) is 17.5. The second kappa shape index (κ2) is 11.9. The molecule has 0 aliphatic rings. The van der Waals surface area contributed by atoms with Gasteiger partial charge < -0.3 is 9.13 Å². The lowest BCUT2D eigenvalue weighted by atomic mass is 10.0. The predicted octanol–water partition coefficient (Wildman–Crippen LogP) is 15.8. The quantitative estimate of drug-likeness (QED) is 0.178. The van der Waals surface area contributed by atoms with Gasteiger partial charge in [0.15, 0.2) is 0 Å². The molecule has 284 valence electrons. The predicted molar refractivity (Wildman–Crippen MR) is 264 cm³/mol. The molecule has 0 radical (unpaired) electrons. The number of fused-ring (bicyclic) bond motifs is 19. The molecular weight excluding hydrogens is 823 g/mol. The standard InChI is InChI=1S/C52H27N5S4/c1-2-13-30-29(12-1)37(57-46-34-16-5-9-20-41(34)60-50(46)51-47(57)35-17-6-10-21-42(35)61-51)27-38-43(30)31-23-22-28(26-36(31)56(38)52-53-24-11-25-54-52)55-44-32-14-3-7-18-39(32)58-48(44)49-45(55)33-15-4-8-19-40(33)59-49/h1-27H. The summed E-state index contributed by atoms with van der Waals surface area (Å²) in [7, 11) is 0. The summed E-state index contributed by atoms with van der Waals surface area (Å²) in [5.41, 5.74) is 9.49. The molecule has 0 saturated carbocycles. The van der Waals surface area contributed by atoms with E-state index in [1.54, 1.807) is 0 Å². The molecule has 0 aliphatic heterocycles. The van der Waals surface area contributed by atoms with Crippen LogP contribution in [0.1, 0.15) is 0 Å². The van der Waals surface area contributed by atoms with Gasteiger partial charge in [0.25, 0.3) is 0 Å². The van der Waals surface area contributed by atoms with Crippen LogP contribution in [0.2, 0.25) is 0 Å². The molecule has 0 saturated heterocycles. The third kappa shape index (κ3) is 4.23. The Morgan fingerprint density at radius 1 is 0.344 bits per heavy atom. The average molecular weight is 850 g/mol. The molecule has 15 rings (SSSR count). The lowest BCUT2D eigenvalue weighted by molar-refractivity contribution is 0.987. The molecule has 0 N–H and O–H groups in total. The van der Waals surface area contributed by atoms with Crippen molar-refractivity contribution in [2.45, 2.75) is 0 Å². The van der Waals surface area contributed by atoms with Crippen molar-refractivity contribution in [3.8, 4) is 17.3 Å². The van der Waals surface area contributed by atoms with Gasteiger partial charge in [0.05, 0.1) is 57.6 Å². The number of benzene rings is 7. The maximum absolute atomic E-state index is 4.96. The molecule has 0 atom stereocenters. The number of thiophene rings is 4. The highest BCUT2D eigenvalue weighted by Crippen LogP contribution is 2.51. The van der Waals surface area contributed by atoms with Gasteiger partial charge in [-0.2, -0.15) is 0 Å². The summed E-state index contributed by atoms with van der Waals surface area (Å²) in [4.78, 5) is 9.92. The molecule has 9 heteroatoms. The van der Waals surface area contributed by atoms with Crippen molar-refractivity contribution in [1.82, 2.24) is 23.7 Å². The van der Waals surface area contributed by atoms with Crippen LogP contribution in [0.15, 0.2) is 164 Å². The van der Waals surface area contributed by atoms with Crippen molar-refractivity contribution in [3.05, 3.63) is 164 Å². The zero-order chi connectivity index (χ0) is 39.5. The molecule has 7 aromatic carbocycles. The van der Waals surface area contributed by atoms with E-state index in [0.29, 0.717) is 5.95 Å². The van der Waals surface area contributed by atoms with Crippen LogP contribution < -0.4 is 0 Å². The first-order chi connectivity index (χ1) is 30.3. The molecule has 0 unspecified atom stereocenters. The van der Waals surface area contributed by atoms with E-state index < -0.39 is 0 Å². The van der Waals surface area contributed by atoms with E-state index in [4.69, 9.17) is 9.97 Å². The molecular formula is C52H27N5S4. The van der Waals surface area contributed by atoms with Crippen LogP contribution in [-0.2, 0) is 0 Å². The van der Waals surface area contributed by atoms with Crippen LogP contribution in [0, 0.1) is 0 Å². The minimum absolute atomic E-state index is 0.649. The minimum Gasteiger partial charge on any atom is -0.306 e. The Labute approximate surface area is 361 Å². The Balaban J connectivity index is 1.12. The zero-order valence-corrected chi connectivity index (χ0v) is 35.2. The molecule has 0 bridgehead atoms. The van der Waals surface area contributed by atoms with Crippen LogP contribution in [0.25, 0.3) is 131 Å². The maximum Gasteiger partial charge on any atom is 0.234 e. The van der Waals surface area contributed by atoms with Crippen LogP contribution in [0.5, 0.6) is 0 Å². The summed E-state index contributed by atoms with van der Waals surface area (Å²) in [6.45, 7) is 0. The number of hydrogen-bond acceptors (Lipinski definition) is 6. The topological polar surface area (TPSA) is 40.6 Å². The molecule has 8 heterocycles. The van der Waals surface area contributed by atoms with Gasteiger partial charge in [-0.3, -0.25) is 4.57 Å². The van der Waals surface area contributed by atoms with Gasteiger partial charge in [-0.1, -0.05) is 103 Å². The molecule has 0 spiro atoms. The van der Waals surface area contributed by atoms with Gasteiger partial charge in [-0.25, -0.2) is 9.97 Å². The van der Waals surface area contributed by atoms with Gasteiger partial charge in [0.2, 0.25) is 5.95 Å². The van der Waals surface area contributed by atoms with Crippen molar-refractivity contribution in [2.75, 3.05) is 0 Å². The summed E-state index contributed by atoms with van der Waals surface area (Å²) >= 11 is 7.60. The van der Waals surface area contributed by atoms with E-state index in [1.807, 2.05) is 63.8 Å². The fourth-order valence-corrected chi connectivity index (χ4v) is 15.2. The largest absolute Gasteiger partial charge is 0.306 e. The number of hydrogen-bond donors (Lipinski definition) is 0. The van der Waals surface area contributed by atoms with Crippen LogP contribution in [-0.4, -0.2) is 23.7 Å². The number of aromatic nitrogens is 5. The summed E-state index contributed by atoms with van der Waals surface area (Å²) in [5, 5.41) is 9.90. The van der Waals surface area contributed by atoms with E-state index in [1.165, 1.54) is 103 Å². The second-order valence-corrected chi connectivity index (χ2v) is 19.9. The second-order valence-electron chi connectivity index (χ2n) is 15.7. The molecule has 0 amide bonds. The fraction of sp³-hybridized carbons (Fsp3) is 0. The smallest absolute Gasteiger partial charge is 0.234 e. The van der Waals surface area contributed by atoms with Crippen molar-refractivity contribution < 1.29 is 0 Å². The molecule has 8 aromatic heterocycles. The van der Waals surface area contributed by atoms with Crippen molar-refractivity contribution in [2.24, 2.45) is 0 Å². The fourth-order valence-electron chi connectivity index (χ4n) is 10.1. The van der Waals surface area contributed by atoms with Crippen LogP contribution in [0.4, 0.5) is 0 Å². The van der Waals surface area contributed by atoms with E-state index >= 15 is 0 Å². The van der Waals surface area contributed by atoms with E-state index in [0.717, 1.165) is 22.4 Å². The van der Waals surface area contributed by atoms with Gasteiger partial charge in [-0.15, -0.1) is 45.3 Å². The monoisotopic (exact) mass is 849 g/mol. The van der Waals surface area contributed by atoms with Crippen molar-refractivity contribution >= 4 is 159 Å². The number of nitrogens with zero attached hydrogens (tertiary/aromatic N) is 5. The SMILES string of the molecule is c1cnc(-n2c3cc(-n4c5c6ccccc6sc5c5sc6ccccc6c54)ccc3c3c4ccccc4c(-n4c5c6ccccc6sc5c5sc6ccccc6c54)cc32)nc1. The van der Waals surface area contributed by atoms with E-state index in [-0.39, 0.29) is 0 Å². The lowest BCUT2D eigenvalue weighted by Crippen LogP contribution is -2.02. The number of rotatable bonds is 3. The molecule has 0 fully saturated rings. The van der Waals surface area contributed by atoms with Crippen LogP contribution >= 0.6 is 45.3 Å². The summed E-state index contributed by atoms with van der Waals surface area (Å²) < 4.78 is 18.0. The van der Waals surface area contributed by atoms with Gasteiger partial charge in [0, 0.05) is 74.6 Å². The Morgan fingerprint density at radius 3 is 1.30 bits per heavy atom. The van der Waals surface area contributed by atoms with Gasteiger partial charge >= 0.3 is 0 Å². The highest BCUT2D eigenvalue weighted by Gasteiger charge is 2.27. The average Bonchev–Trinajstić information content (AvgIpc) is 4.17. The first-order valence-corrected chi connectivity index (χ1v) is 23.5. The molecule has 61 heavy (non-hydrogen) atoms. The van der Waals surface area contributed by atoms with Gasteiger partial charge in [0.1, 0.15) is 0 Å². The van der Waals surface area contributed by atoms with Crippen LogP contribution in [0.3, 0.4) is 0 Å². The Kier molecular flexibility index (Phi) is 6.42. The van der Waals surface area contributed by atoms with Gasteiger partial charge in [-0.05, 0) is 53.9 Å². The van der Waals surface area contributed by atoms with Crippen molar-refractivity contribution in [3.63, 3.8) is 0 Å². The zero-order valence-electron chi connectivity index (χ0n) is 32.0. The molecule has 5 nitrogen and oxygen atoms in total.